The maximum Gasteiger partial charge on any atom is 0.264 e. The average Bonchev–Trinajstić information content (AvgIpc) is 3.13. The van der Waals surface area contributed by atoms with Gasteiger partial charge in [0.15, 0.2) is 12.4 Å². The molecule has 0 unspecified atom stereocenters. The highest BCUT2D eigenvalue weighted by Gasteiger charge is 2.13. The van der Waals surface area contributed by atoms with Gasteiger partial charge in [-0.15, -0.1) is 0 Å². The summed E-state index contributed by atoms with van der Waals surface area (Å²) < 4.78 is 10.8. The lowest BCUT2D eigenvalue weighted by Gasteiger charge is -2.16. The summed E-state index contributed by atoms with van der Waals surface area (Å²) in [6, 6.07) is 14.5. The second-order valence-electron chi connectivity index (χ2n) is 6.19. The van der Waals surface area contributed by atoms with E-state index < -0.39 is 0 Å². The SMILES string of the molecule is Cc1ccc(C(=O)N(C)CCc2noc(COc3ccc(Cl)cc3)n2)cc1. The zero-order valence-electron chi connectivity index (χ0n) is 15.2. The molecule has 0 radical (unpaired) electrons. The van der Waals surface area contributed by atoms with Crippen molar-refractivity contribution >= 4 is 17.5 Å². The van der Waals surface area contributed by atoms with Crippen LogP contribution in [-0.4, -0.2) is 34.5 Å². The second-order valence-corrected chi connectivity index (χ2v) is 6.63. The number of hydrogen-bond donors (Lipinski definition) is 0. The molecule has 0 bridgehead atoms. The first-order chi connectivity index (χ1) is 13.0. The molecule has 0 saturated heterocycles. The molecule has 0 aliphatic rings. The van der Waals surface area contributed by atoms with Crippen LogP contribution in [0.3, 0.4) is 0 Å². The summed E-state index contributed by atoms with van der Waals surface area (Å²) in [4.78, 5) is 18.3. The number of aryl methyl sites for hydroxylation is 1. The van der Waals surface area contributed by atoms with E-state index in [1.54, 1.807) is 36.2 Å². The summed E-state index contributed by atoms with van der Waals surface area (Å²) in [5.74, 6) is 1.55. The third kappa shape index (κ3) is 5.31. The fraction of sp³-hybridized carbons (Fsp3) is 0.250. The molecule has 0 atom stereocenters. The first-order valence-corrected chi connectivity index (χ1v) is 8.91. The molecule has 7 heteroatoms. The first-order valence-electron chi connectivity index (χ1n) is 8.53. The molecule has 1 aromatic heterocycles. The minimum atomic E-state index is -0.0372. The van der Waals surface area contributed by atoms with Crippen LogP contribution in [0.15, 0.2) is 53.1 Å². The molecule has 0 fully saturated rings. The van der Waals surface area contributed by atoms with Gasteiger partial charge in [-0.3, -0.25) is 4.79 Å². The lowest BCUT2D eigenvalue weighted by molar-refractivity contribution is 0.0796. The van der Waals surface area contributed by atoms with Gasteiger partial charge in [0.25, 0.3) is 11.8 Å². The van der Waals surface area contributed by atoms with Gasteiger partial charge in [-0.25, -0.2) is 0 Å². The van der Waals surface area contributed by atoms with Crippen molar-refractivity contribution in [2.45, 2.75) is 20.0 Å². The Morgan fingerprint density at radius 1 is 1.15 bits per heavy atom. The number of hydrogen-bond acceptors (Lipinski definition) is 5. The van der Waals surface area contributed by atoms with Gasteiger partial charge in [-0.2, -0.15) is 4.98 Å². The van der Waals surface area contributed by atoms with Crippen molar-refractivity contribution in [3.63, 3.8) is 0 Å². The number of likely N-dealkylation sites (N-methyl/N-ethyl adjacent to an activating group) is 1. The van der Waals surface area contributed by atoms with Gasteiger partial charge in [0.05, 0.1) is 0 Å². The molecule has 27 heavy (non-hydrogen) atoms. The molecular formula is C20H20ClN3O3. The number of ether oxygens (including phenoxy) is 1. The summed E-state index contributed by atoms with van der Waals surface area (Å²) in [5, 5.41) is 4.58. The van der Waals surface area contributed by atoms with Crippen molar-refractivity contribution in [2.75, 3.05) is 13.6 Å². The fourth-order valence-electron chi connectivity index (χ4n) is 2.41. The summed E-state index contributed by atoms with van der Waals surface area (Å²) in [7, 11) is 1.76. The zero-order chi connectivity index (χ0) is 19.2. The number of benzene rings is 2. The highest BCUT2D eigenvalue weighted by Crippen LogP contribution is 2.16. The lowest BCUT2D eigenvalue weighted by atomic mass is 10.1. The number of amides is 1. The third-order valence-corrected chi connectivity index (χ3v) is 4.25. The Kier molecular flexibility index (Phi) is 6.08. The Morgan fingerprint density at radius 2 is 1.85 bits per heavy atom. The predicted molar refractivity (Wildman–Crippen MR) is 102 cm³/mol. The Balaban J connectivity index is 1.49. The predicted octanol–water partition coefficient (Wildman–Crippen LogP) is 3.93. The molecule has 3 rings (SSSR count). The molecule has 140 valence electrons. The number of carbonyl (C=O) groups is 1. The van der Waals surface area contributed by atoms with Crippen LogP contribution >= 0.6 is 11.6 Å². The normalized spacial score (nSPS) is 10.6. The van der Waals surface area contributed by atoms with Crippen LogP contribution in [0, 0.1) is 6.92 Å². The fourth-order valence-corrected chi connectivity index (χ4v) is 2.54. The van der Waals surface area contributed by atoms with E-state index in [-0.39, 0.29) is 12.5 Å². The minimum Gasteiger partial charge on any atom is -0.484 e. The highest BCUT2D eigenvalue weighted by molar-refractivity contribution is 6.30. The molecule has 0 spiro atoms. The molecule has 1 amide bonds. The van der Waals surface area contributed by atoms with Crippen molar-refractivity contribution in [3.8, 4) is 5.75 Å². The Labute approximate surface area is 162 Å². The quantitative estimate of drug-likeness (QED) is 0.616. The van der Waals surface area contributed by atoms with Crippen LogP contribution in [-0.2, 0) is 13.0 Å². The Hall–Kier alpha value is -2.86. The van der Waals surface area contributed by atoms with Crippen LogP contribution in [0.4, 0.5) is 0 Å². The lowest BCUT2D eigenvalue weighted by Crippen LogP contribution is -2.29. The van der Waals surface area contributed by atoms with Crippen molar-refractivity contribution in [3.05, 3.63) is 76.4 Å². The van der Waals surface area contributed by atoms with Gasteiger partial charge in [0, 0.05) is 30.6 Å². The molecule has 0 N–H and O–H groups in total. The van der Waals surface area contributed by atoms with E-state index in [2.05, 4.69) is 10.1 Å². The van der Waals surface area contributed by atoms with E-state index in [1.807, 2.05) is 31.2 Å². The number of rotatable bonds is 7. The van der Waals surface area contributed by atoms with Crippen LogP contribution < -0.4 is 4.74 Å². The number of halogens is 1. The summed E-state index contributed by atoms with van der Waals surface area (Å²) in [5.41, 5.74) is 1.78. The zero-order valence-corrected chi connectivity index (χ0v) is 15.9. The third-order valence-electron chi connectivity index (χ3n) is 4.00. The molecule has 3 aromatic rings. The molecule has 0 aliphatic carbocycles. The molecule has 0 saturated carbocycles. The number of nitrogens with zero attached hydrogens (tertiary/aromatic N) is 3. The van der Waals surface area contributed by atoms with Gasteiger partial charge < -0.3 is 14.2 Å². The average molecular weight is 386 g/mol. The summed E-state index contributed by atoms with van der Waals surface area (Å²) in [6.07, 6.45) is 0.499. The molecule has 2 aromatic carbocycles. The molecule has 0 aliphatic heterocycles. The molecular weight excluding hydrogens is 366 g/mol. The standard InChI is InChI=1S/C20H20ClN3O3/c1-14-3-5-15(6-4-14)20(25)24(2)12-11-18-22-19(27-23-18)13-26-17-9-7-16(21)8-10-17/h3-10H,11-13H2,1-2H3. The van der Waals surface area contributed by atoms with Gasteiger partial charge in [0.1, 0.15) is 5.75 Å². The Morgan fingerprint density at radius 3 is 2.56 bits per heavy atom. The largest absolute Gasteiger partial charge is 0.484 e. The van der Waals surface area contributed by atoms with Crippen molar-refractivity contribution < 1.29 is 14.1 Å². The topological polar surface area (TPSA) is 68.5 Å². The minimum absolute atomic E-state index is 0.0372. The maximum atomic E-state index is 12.4. The van der Waals surface area contributed by atoms with Crippen molar-refractivity contribution in [1.29, 1.82) is 0 Å². The van der Waals surface area contributed by atoms with Gasteiger partial charge in [-0.05, 0) is 43.3 Å². The van der Waals surface area contributed by atoms with Crippen LogP contribution in [0.5, 0.6) is 5.75 Å². The van der Waals surface area contributed by atoms with E-state index in [9.17, 15) is 4.79 Å². The smallest absolute Gasteiger partial charge is 0.264 e. The number of aromatic nitrogens is 2. The molecule has 6 nitrogen and oxygen atoms in total. The Bertz CT molecular complexity index is 892. The second kappa shape index (κ2) is 8.68. The van der Waals surface area contributed by atoms with E-state index >= 15 is 0 Å². The first kappa shape index (κ1) is 18.9. The monoisotopic (exact) mass is 385 g/mol. The summed E-state index contributed by atoms with van der Waals surface area (Å²) >= 11 is 5.84. The van der Waals surface area contributed by atoms with Gasteiger partial charge in [0.2, 0.25) is 0 Å². The number of carbonyl (C=O) groups excluding carboxylic acids is 1. The van der Waals surface area contributed by atoms with Crippen LogP contribution in [0.25, 0.3) is 0 Å². The van der Waals surface area contributed by atoms with Gasteiger partial charge >= 0.3 is 0 Å². The van der Waals surface area contributed by atoms with E-state index in [0.29, 0.717) is 41.0 Å². The maximum absolute atomic E-state index is 12.4. The van der Waals surface area contributed by atoms with E-state index in [0.717, 1.165) is 5.56 Å². The molecule has 1 heterocycles. The van der Waals surface area contributed by atoms with Crippen molar-refractivity contribution in [2.24, 2.45) is 0 Å². The van der Waals surface area contributed by atoms with Gasteiger partial charge in [-0.1, -0.05) is 34.5 Å². The van der Waals surface area contributed by atoms with Crippen molar-refractivity contribution in [1.82, 2.24) is 15.0 Å². The van der Waals surface area contributed by atoms with E-state index in [1.165, 1.54) is 0 Å². The highest BCUT2D eigenvalue weighted by atomic mass is 35.5. The summed E-state index contributed by atoms with van der Waals surface area (Å²) in [6.45, 7) is 2.65. The van der Waals surface area contributed by atoms with Crippen LogP contribution in [0.2, 0.25) is 5.02 Å². The van der Waals surface area contributed by atoms with E-state index in [4.69, 9.17) is 20.9 Å². The van der Waals surface area contributed by atoms with Crippen LogP contribution in [0.1, 0.15) is 27.6 Å².